The maximum Gasteiger partial charge on any atom is 0.0526 e. The highest BCUT2D eigenvalue weighted by Gasteiger charge is 2.15. The molecule has 0 radical (unpaired) electrons. The largest absolute Gasteiger partial charge is 0.393 e. The summed E-state index contributed by atoms with van der Waals surface area (Å²) in [6.07, 6.45) is 1.44. The van der Waals surface area contributed by atoms with Gasteiger partial charge in [-0.05, 0) is 37.8 Å². The molecule has 2 nitrogen and oxygen atoms in total. The Hall–Kier alpha value is -1.64. The van der Waals surface area contributed by atoms with Crippen molar-refractivity contribution in [2.75, 3.05) is 0 Å². The fourth-order valence-corrected chi connectivity index (χ4v) is 2.73. The van der Waals surface area contributed by atoms with Gasteiger partial charge in [0.15, 0.2) is 0 Å². The maximum atomic E-state index is 9.56. The molecule has 2 aromatic rings. The zero-order valence-corrected chi connectivity index (χ0v) is 12.9. The van der Waals surface area contributed by atoms with Crippen LogP contribution in [0.1, 0.15) is 37.4 Å². The van der Waals surface area contributed by atoms with E-state index in [4.69, 9.17) is 0 Å². The van der Waals surface area contributed by atoms with Gasteiger partial charge in [0, 0.05) is 12.1 Å². The molecule has 0 bridgehead atoms. The number of aliphatic hydroxyl groups is 1. The van der Waals surface area contributed by atoms with Gasteiger partial charge in [-0.25, -0.2) is 0 Å². The lowest BCUT2D eigenvalue weighted by atomic mass is 9.97. The number of benzene rings is 2. The van der Waals surface area contributed by atoms with E-state index in [0.717, 1.165) is 12.8 Å². The zero-order valence-electron chi connectivity index (χ0n) is 12.9. The van der Waals surface area contributed by atoms with Gasteiger partial charge in [-0.2, -0.15) is 0 Å². The summed E-state index contributed by atoms with van der Waals surface area (Å²) >= 11 is 0. The Balaban J connectivity index is 2.11. The lowest BCUT2D eigenvalue weighted by Gasteiger charge is -2.25. The van der Waals surface area contributed by atoms with Gasteiger partial charge >= 0.3 is 0 Å². The van der Waals surface area contributed by atoms with Crippen molar-refractivity contribution in [3.8, 4) is 0 Å². The van der Waals surface area contributed by atoms with Crippen molar-refractivity contribution in [2.45, 2.75) is 44.9 Å². The van der Waals surface area contributed by atoms with Crippen LogP contribution in [-0.2, 0) is 6.42 Å². The molecule has 0 fully saturated rings. The van der Waals surface area contributed by atoms with Crippen molar-refractivity contribution in [1.82, 2.24) is 5.32 Å². The monoisotopic (exact) mass is 283 g/mol. The van der Waals surface area contributed by atoms with Crippen LogP contribution in [0.4, 0.5) is 0 Å². The second-order valence-corrected chi connectivity index (χ2v) is 5.81. The van der Waals surface area contributed by atoms with Gasteiger partial charge in [0.05, 0.1) is 6.10 Å². The minimum absolute atomic E-state index is 0.266. The van der Waals surface area contributed by atoms with Crippen LogP contribution in [0.15, 0.2) is 60.7 Å². The highest BCUT2D eigenvalue weighted by atomic mass is 16.3. The number of nitrogens with one attached hydrogen (secondary N) is 1. The van der Waals surface area contributed by atoms with Crippen molar-refractivity contribution < 1.29 is 5.11 Å². The van der Waals surface area contributed by atoms with Gasteiger partial charge in [-0.3, -0.25) is 0 Å². The summed E-state index contributed by atoms with van der Waals surface area (Å²) in [5, 5.41) is 13.2. The van der Waals surface area contributed by atoms with Crippen molar-refractivity contribution in [2.24, 2.45) is 0 Å². The Bertz CT molecular complexity index is 510. The third-order valence-electron chi connectivity index (χ3n) is 3.66. The summed E-state index contributed by atoms with van der Waals surface area (Å²) in [5.74, 6) is 0. The summed E-state index contributed by atoms with van der Waals surface area (Å²) < 4.78 is 0. The van der Waals surface area contributed by atoms with Crippen molar-refractivity contribution in [3.05, 3.63) is 71.8 Å². The molecule has 0 aliphatic carbocycles. The van der Waals surface area contributed by atoms with E-state index in [1.54, 1.807) is 0 Å². The lowest BCUT2D eigenvalue weighted by molar-refractivity contribution is 0.167. The molecule has 0 aromatic heterocycles. The molecule has 2 heteroatoms. The first-order valence-corrected chi connectivity index (χ1v) is 7.68. The second-order valence-electron chi connectivity index (χ2n) is 5.81. The molecule has 0 heterocycles. The van der Waals surface area contributed by atoms with Crippen LogP contribution >= 0.6 is 0 Å². The SMILES string of the molecule is CC(O)CC(C)NC(Cc1ccccc1)c1ccccc1. The average molecular weight is 283 g/mol. The highest BCUT2D eigenvalue weighted by molar-refractivity contribution is 5.23. The molecule has 0 spiro atoms. The van der Waals surface area contributed by atoms with Crippen LogP contribution in [0.3, 0.4) is 0 Å². The Morgan fingerprint density at radius 1 is 0.905 bits per heavy atom. The minimum Gasteiger partial charge on any atom is -0.393 e. The van der Waals surface area contributed by atoms with E-state index < -0.39 is 0 Å². The van der Waals surface area contributed by atoms with E-state index in [1.165, 1.54) is 11.1 Å². The van der Waals surface area contributed by atoms with Crippen molar-refractivity contribution in [1.29, 1.82) is 0 Å². The fourth-order valence-electron chi connectivity index (χ4n) is 2.73. The summed E-state index contributed by atoms with van der Waals surface area (Å²) in [7, 11) is 0. The van der Waals surface area contributed by atoms with Gasteiger partial charge in [0.25, 0.3) is 0 Å². The number of aliphatic hydroxyl groups excluding tert-OH is 1. The van der Waals surface area contributed by atoms with Gasteiger partial charge in [-0.1, -0.05) is 60.7 Å². The predicted octanol–water partition coefficient (Wildman–Crippen LogP) is 3.72. The minimum atomic E-state index is -0.277. The van der Waals surface area contributed by atoms with Crippen molar-refractivity contribution >= 4 is 0 Å². The fraction of sp³-hybridized carbons (Fsp3) is 0.368. The standard InChI is InChI=1S/C19H25NO/c1-15(13-16(2)21)20-19(18-11-7-4-8-12-18)14-17-9-5-3-6-10-17/h3-12,15-16,19-21H,13-14H2,1-2H3. The molecule has 21 heavy (non-hydrogen) atoms. The van der Waals surface area contributed by atoms with Crippen LogP contribution in [0.25, 0.3) is 0 Å². The lowest BCUT2D eigenvalue weighted by Crippen LogP contribution is -2.34. The second kappa shape index (κ2) is 7.96. The summed E-state index contributed by atoms with van der Waals surface area (Å²) in [5.41, 5.74) is 2.61. The summed E-state index contributed by atoms with van der Waals surface area (Å²) in [6, 6.07) is 21.6. The maximum absolute atomic E-state index is 9.56. The summed E-state index contributed by atoms with van der Waals surface area (Å²) in [4.78, 5) is 0. The molecule has 0 aliphatic rings. The van der Waals surface area contributed by atoms with Crippen LogP contribution in [-0.4, -0.2) is 17.3 Å². The van der Waals surface area contributed by atoms with E-state index in [2.05, 4.69) is 60.8 Å². The molecule has 3 unspecified atom stereocenters. The molecule has 0 saturated heterocycles. The van der Waals surface area contributed by atoms with Crippen LogP contribution < -0.4 is 5.32 Å². The molecule has 2 N–H and O–H groups in total. The number of rotatable bonds is 7. The Morgan fingerprint density at radius 2 is 1.48 bits per heavy atom. The first-order valence-electron chi connectivity index (χ1n) is 7.68. The highest BCUT2D eigenvalue weighted by Crippen LogP contribution is 2.19. The molecular formula is C19H25NO. The van der Waals surface area contributed by atoms with E-state index >= 15 is 0 Å². The molecule has 0 saturated carbocycles. The van der Waals surface area contributed by atoms with Gasteiger partial charge < -0.3 is 10.4 Å². The van der Waals surface area contributed by atoms with Gasteiger partial charge in [-0.15, -0.1) is 0 Å². The van der Waals surface area contributed by atoms with Crippen molar-refractivity contribution in [3.63, 3.8) is 0 Å². The molecule has 2 rings (SSSR count). The van der Waals surface area contributed by atoms with Crippen LogP contribution in [0, 0.1) is 0 Å². The summed E-state index contributed by atoms with van der Waals surface area (Å²) in [6.45, 7) is 3.97. The molecule has 0 amide bonds. The first-order chi connectivity index (χ1) is 10.1. The Kier molecular flexibility index (Phi) is 5.97. The smallest absolute Gasteiger partial charge is 0.0526 e. The third kappa shape index (κ3) is 5.33. The molecular weight excluding hydrogens is 258 g/mol. The molecule has 3 atom stereocenters. The number of hydrogen-bond donors (Lipinski definition) is 2. The molecule has 2 aromatic carbocycles. The van der Waals surface area contributed by atoms with Gasteiger partial charge in [0.1, 0.15) is 0 Å². The third-order valence-corrected chi connectivity index (χ3v) is 3.66. The van der Waals surface area contributed by atoms with Crippen LogP contribution in [0.5, 0.6) is 0 Å². The first kappa shape index (κ1) is 15.7. The molecule has 0 aliphatic heterocycles. The van der Waals surface area contributed by atoms with E-state index in [0.29, 0.717) is 0 Å². The zero-order chi connectivity index (χ0) is 15.1. The topological polar surface area (TPSA) is 32.3 Å². The van der Waals surface area contributed by atoms with E-state index in [-0.39, 0.29) is 18.2 Å². The Morgan fingerprint density at radius 3 is 2.05 bits per heavy atom. The normalized spacial score (nSPS) is 15.4. The van der Waals surface area contributed by atoms with E-state index in [1.807, 2.05) is 19.1 Å². The van der Waals surface area contributed by atoms with Gasteiger partial charge in [0.2, 0.25) is 0 Å². The van der Waals surface area contributed by atoms with E-state index in [9.17, 15) is 5.11 Å². The number of hydrogen-bond acceptors (Lipinski definition) is 2. The quantitative estimate of drug-likeness (QED) is 0.811. The predicted molar refractivity (Wildman–Crippen MR) is 88.2 cm³/mol. The molecule has 112 valence electrons. The Labute approximate surface area is 127 Å². The van der Waals surface area contributed by atoms with Crippen LogP contribution in [0.2, 0.25) is 0 Å². The average Bonchev–Trinajstić information content (AvgIpc) is 2.48.